The molecular weight excluding hydrogens is 235 g/mol. The lowest BCUT2D eigenvalue weighted by atomic mass is 10.2. The van der Waals surface area contributed by atoms with E-state index in [1.54, 1.807) is 12.1 Å². The molecule has 0 saturated heterocycles. The van der Waals surface area contributed by atoms with Crippen molar-refractivity contribution in [3.05, 3.63) is 28.0 Å². The van der Waals surface area contributed by atoms with Crippen molar-refractivity contribution in [2.24, 2.45) is 0 Å². The Morgan fingerprint density at radius 3 is 2.87 bits per heavy atom. The minimum Gasteiger partial charge on any atom is -0.497 e. The fraction of sp³-hybridized carbons (Fsp3) is 0.111. The third kappa shape index (κ3) is 2.05. The van der Waals surface area contributed by atoms with E-state index in [9.17, 15) is 4.39 Å². The Morgan fingerprint density at radius 1 is 1.53 bits per heavy atom. The topological polar surface area (TPSA) is 37.9 Å². The predicted octanol–water partition coefficient (Wildman–Crippen LogP) is 3.02. The number of H-pyrrole nitrogens is 1. The Morgan fingerprint density at radius 2 is 2.33 bits per heavy atom. The first-order valence-electron chi connectivity index (χ1n) is 4.10. The smallest absolute Gasteiger partial charge is 0.176 e. The number of hydrogen-bond donors (Lipinski definition) is 1. The lowest BCUT2D eigenvalue weighted by Gasteiger charge is -2.01. The summed E-state index contributed by atoms with van der Waals surface area (Å²) in [7, 11) is 1.49. The van der Waals surface area contributed by atoms with Gasteiger partial charge in [0.1, 0.15) is 16.6 Å². The Kier molecular flexibility index (Phi) is 2.79. The first-order valence-corrected chi connectivity index (χ1v) is 5.32. The summed E-state index contributed by atoms with van der Waals surface area (Å²) in [5.74, 6) is 0.113. The third-order valence-corrected chi connectivity index (χ3v) is 2.97. The van der Waals surface area contributed by atoms with Crippen LogP contribution in [0.15, 0.2) is 18.2 Å². The molecule has 1 aromatic heterocycles. The van der Waals surface area contributed by atoms with Crippen LogP contribution in [-0.2, 0) is 0 Å². The number of nitrogens with one attached hydrogen (secondary N) is 1. The Balaban J connectivity index is 2.49. The molecule has 2 aromatic rings. The highest BCUT2D eigenvalue weighted by atomic mass is 32.1. The molecule has 0 spiro atoms. The van der Waals surface area contributed by atoms with Gasteiger partial charge in [-0.05, 0) is 24.4 Å². The SMILES string of the molecule is COc1ccc(-c2n[nH]c(=S)s2)c(F)c1. The lowest BCUT2D eigenvalue weighted by molar-refractivity contribution is 0.411. The number of nitrogens with zero attached hydrogens (tertiary/aromatic N) is 1. The van der Waals surface area contributed by atoms with Gasteiger partial charge in [-0.2, -0.15) is 5.10 Å². The Hall–Kier alpha value is -1.27. The van der Waals surface area contributed by atoms with E-state index in [-0.39, 0.29) is 5.82 Å². The maximum atomic E-state index is 13.6. The lowest BCUT2D eigenvalue weighted by Crippen LogP contribution is -1.87. The largest absolute Gasteiger partial charge is 0.497 e. The predicted molar refractivity (Wildman–Crippen MR) is 59.2 cm³/mol. The number of methoxy groups -OCH3 is 1. The number of hydrogen-bond acceptors (Lipinski definition) is 4. The van der Waals surface area contributed by atoms with E-state index < -0.39 is 0 Å². The molecule has 1 N–H and O–H groups in total. The van der Waals surface area contributed by atoms with E-state index in [2.05, 4.69) is 10.2 Å². The van der Waals surface area contributed by atoms with Gasteiger partial charge in [0.2, 0.25) is 0 Å². The summed E-state index contributed by atoms with van der Waals surface area (Å²) < 4.78 is 19.0. The first kappa shape index (κ1) is 10.3. The van der Waals surface area contributed by atoms with Gasteiger partial charge in [0.25, 0.3) is 0 Å². The van der Waals surface area contributed by atoms with E-state index >= 15 is 0 Å². The summed E-state index contributed by atoms with van der Waals surface area (Å²) in [6, 6.07) is 4.62. The van der Waals surface area contributed by atoms with Gasteiger partial charge in [-0.15, -0.1) is 0 Å². The number of benzene rings is 1. The molecule has 2 rings (SSSR count). The van der Waals surface area contributed by atoms with Gasteiger partial charge in [0.15, 0.2) is 3.95 Å². The van der Waals surface area contributed by atoms with Crippen LogP contribution < -0.4 is 4.74 Å². The summed E-state index contributed by atoms with van der Waals surface area (Å²) in [6.45, 7) is 0. The van der Waals surface area contributed by atoms with Gasteiger partial charge in [-0.1, -0.05) is 11.3 Å². The maximum Gasteiger partial charge on any atom is 0.176 e. The van der Waals surface area contributed by atoms with Gasteiger partial charge in [-0.25, -0.2) is 4.39 Å². The quantitative estimate of drug-likeness (QED) is 0.823. The molecule has 0 amide bonds. The van der Waals surface area contributed by atoms with Crippen molar-refractivity contribution in [3.8, 4) is 16.3 Å². The van der Waals surface area contributed by atoms with Crippen LogP contribution in [0.1, 0.15) is 0 Å². The summed E-state index contributed by atoms with van der Waals surface area (Å²) in [6.07, 6.45) is 0. The maximum absolute atomic E-state index is 13.6. The fourth-order valence-electron chi connectivity index (χ4n) is 1.14. The second-order valence-electron chi connectivity index (χ2n) is 2.76. The van der Waals surface area contributed by atoms with Crippen molar-refractivity contribution in [3.63, 3.8) is 0 Å². The van der Waals surface area contributed by atoms with Crippen LogP contribution >= 0.6 is 23.6 Å². The van der Waals surface area contributed by atoms with Crippen molar-refractivity contribution < 1.29 is 9.13 Å². The summed E-state index contributed by atoms with van der Waals surface area (Å²) in [4.78, 5) is 0. The van der Waals surface area contributed by atoms with Crippen LogP contribution in [0.2, 0.25) is 0 Å². The van der Waals surface area contributed by atoms with E-state index in [0.29, 0.717) is 20.3 Å². The normalized spacial score (nSPS) is 10.3. The van der Waals surface area contributed by atoms with E-state index in [1.165, 1.54) is 24.5 Å². The third-order valence-electron chi connectivity index (χ3n) is 1.84. The molecule has 0 aliphatic heterocycles. The highest BCUT2D eigenvalue weighted by Gasteiger charge is 2.09. The highest BCUT2D eigenvalue weighted by Crippen LogP contribution is 2.27. The summed E-state index contributed by atoms with van der Waals surface area (Å²) >= 11 is 6.11. The fourth-order valence-corrected chi connectivity index (χ4v) is 2.06. The second kappa shape index (κ2) is 4.08. The molecule has 0 aliphatic carbocycles. The van der Waals surface area contributed by atoms with Crippen LogP contribution in [0.25, 0.3) is 10.6 Å². The minimum atomic E-state index is -0.368. The monoisotopic (exact) mass is 242 g/mol. The highest BCUT2D eigenvalue weighted by molar-refractivity contribution is 7.73. The van der Waals surface area contributed by atoms with Crippen LogP contribution in [0.4, 0.5) is 4.39 Å². The molecule has 0 radical (unpaired) electrons. The van der Waals surface area contributed by atoms with Crippen LogP contribution in [0.3, 0.4) is 0 Å². The molecule has 3 nitrogen and oxygen atoms in total. The Bertz CT molecular complexity index is 535. The van der Waals surface area contributed by atoms with Gasteiger partial charge >= 0.3 is 0 Å². The average molecular weight is 242 g/mol. The van der Waals surface area contributed by atoms with Gasteiger partial charge in [-0.3, -0.25) is 5.10 Å². The first-order chi connectivity index (χ1) is 7.20. The van der Waals surface area contributed by atoms with Crippen LogP contribution in [0.5, 0.6) is 5.75 Å². The second-order valence-corrected chi connectivity index (χ2v) is 4.43. The summed E-state index contributed by atoms with van der Waals surface area (Å²) in [5.41, 5.74) is 0.424. The molecule has 0 saturated carbocycles. The Labute approximate surface area is 94.5 Å². The van der Waals surface area contributed by atoms with E-state index in [1.807, 2.05) is 0 Å². The molecule has 0 bridgehead atoms. The van der Waals surface area contributed by atoms with Gasteiger partial charge in [0, 0.05) is 11.6 Å². The summed E-state index contributed by atoms with van der Waals surface area (Å²) in [5, 5.41) is 7.06. The van der Waals surface area contributed by atoms with Crippen molar-refractivity contribution in [2.75, 3.05) is 7.11 Å². The van der Waals surface area contributed by atoms with Crippen molar-refractivity contribution in [1.82, 2.24) is 10.2 Å². The minimum absolute atomic E-state index is 0.368. The van der Waals surface area contributed by atoms with Crippen molar-refractivity contribution >= 4 is 23.6 Å². The molecule has 1 aromatic carbocycles. The molecular formula is C9H7FN2OS2. The van der Waals surface area contributed by atoms with Crippen molar-refractivity contribution in [1.29, 1.82) is 0 Å². The number of ether oxygens (including phenoxy) is 1. The molecule has 15 heavy (non-hydrogen) atoms. The molecule has 0 unspecified atom stereocenters. The molecule has 0 fully saturated rings. The van der Waals surface area contributed by atoms with E-state index in [4.69, 9.17) is 17.0 Å². The van der Waals surface area contributed by atoms with E-state index in [0.717, 1.165) is 0 Å². The van der Waals surface area contributed by atoms with Gasteiger partial charge in [0.05, 0.1) is 7.11 Å². The zero-order chi connectivity index (χ0) is 10.8. The average Bonchev–Trinajstić information content (AvgIpc) is 2.64. The number of aromatic nitrogens is 2. The standard InChI is InChI=1S/C9H7FN2OS2/c1-13-5-2-3-6(7(10)4-5)8-11-12-9(14)15-8/h2-4H,1H3,(H,12,14). The molecule has 0 atom stereocenters. The van der Waals surface area contributed by atoms with Crippen molar-refractivity contribution in [2.45, 2.75) is 0 Å². The zero-order valence-electron chi connectivity index (χ0n) is 7.78. The van der Waals surface area contributed by atoms with Crippen LogP contribution in [-0.4, -0.2) is 17.3 Å². The molecule has 1 heterocycles. The molecule has 0 aliphatic rings. The number of rotatable bonds is 2. The molecule has 6 heteroatoms. The molecule has 78 valence electrons. The van der Waals surface area contributed by atoms with Gasteiger partial charge < -0.3 is 4.74 Å². The number of aromatic amines is 1. The number of halogens is 1. The van der Waals surface area contributed by atoms with Crippen LogP contribution in [0, 0.1) is 9.77 Å². The zero-order valence-corrected chi connectivity index (χ0v) is 9.41.